The van der Waals surface area contributed by atoms with Gasteiger partial charge in [-0.1, -0.05) is 6.07 Å². The minimum atomic E-state index is -3.51. The second-order valence-electron chi connectivity index (χ2n) is 10.7. The summed E-state index contributed by atoms with van der Waals surface area (Å²) in [5.41, 5.74) is 11.1. The van der Waals surface area contributed by atoms with Crippen LogP contribution in [0.2, 0.25) is 0 Å². The first kappa shape index (κ1) is 19.3. The SMILES string of the molecule is Nc1n[nH]c2ccc([C@H]3[C@@H]4[C@H]5CC[C@H](C5)[C@@H]4c4c(ccc5[nH]ncc45)N3S(=O)(=O)C3CC3)cc12. The second kappa shape index (κ2) is 6.33. The van der Waals surface area contributed by atoms with Crippen molar-refractivity contribution >= 4 is 43.3 Å². The number of anilines is 2. The lowest BCUT2D eigenvalue weighted by atomic mass is 9.67. The minimum Gasteiger partial charge on any atom is -0.382 e. The average molecular weight is 475 g/mol. The van der Waals surface area contributed by atoms with Gasteiger partial charge in [0.15, 0.2) is 5.82 Å². The average Bonchev–Trinajstić information content (AvgIpc) is 3.17. The fourth-order valence-electron chi connectivity index (χ4n) is 7.51. The Morgan fingerprint density at radius 2 is 1.76 bits per heavy atom. The first-order chi connectivity index (χ1) is 16.5. The molecule has 3 fully saturated rings. The highest BCUT2D eigenvalue weighted by atomic mass is 32.2. The number of hydrogen-bond acceptors (Lipinski definition) is 5. The van der Waals surface area contributed by atoms with Crippen LogP contribution in [0.4, 0.5) is 11.5 Å². The van der Waals surface area contributed by atoms with Gasteiger partial charge in [-0.25, -0.2) is 8.42 Å². The topological polar surface area (TPSA) is 121 Å². The summed E-state index contributed by atoms with van der Waals surface area (Å²) in [6.07, 6.45) is 6.93. The van der Waals surface area contributed by atoms with Crippen molar-refractivity contribution in [1.82, 2.24) is 20.4 Å². The third-order valence-electron chi connectivity index (χ3n) is 8.99. The Labute approximate surface area is 196 Å². The Hall–Kier alpha value is -3.07. The van der Waals surface area contributed by atoms with Crippen molar-refractivity contribution < 1.29 is 8.42 Å². The standard InChI is InChI=1S/C25H26N6O2S/c26-25-16-10-14(3-6-18(16)29-30-25)24-22-13-2-1-12(9-13)21(22)23-17-11-27-28-19(17)7-8-20(23)31(24)34(32,33)15-4-5-15/h3,6-8,10-13,15,21-22,24H,1-2,4-5,9H2,(H,27,28)(H3,26,29,30)/t12-,13+,21+,22-,24+/m1/s1. The van der Waals surface area contributed by atoms with Crippen LogP contribution in [0.5, 0.6) is 0 Å². The fourth-order valence-corrected chi connectivity index (χ4v) is 9.58. The first-order valence-electron chi connectivity index (χ1n) is 12.2. The van der Waals surface area contributed by atoms with Gasteiger partial charge < -0.3 is 5.73 Å². The summed E-state index contributed by atoms with van der Waals surface area (Å²) in [6, 6.07) is 9.89. The minimum absolute atomic E-state index is 0.235. The third kappa shape index (κ3) is 2.35. The van der Waals surface area contributed by atoms with Crippen LogP contribution in [-0.2, 0) is 10.0 Å². The molecule has 4 N–H and O–H groups in total. The predicted octanol–water partition coefficient (Wildman–Crippen LogP) is 4.20. The number of sulfonamides is 1. The first-order valence-corrected chi connectivity index (χ1v) is 13.8. The highest BCUT2D eigenvalue weighted by molar-refractivity contribution is 7.93. The summed E-state index contributed by atoms with van der Waals surface area (Å²) in [5, 5.41) is 16.2. The van der Waals surface area contributed by atoms with Gasteiger partial charge >= 0.3 is 0 Å². The zero-order valence-electron chi connectivity index (χ0n) is 18.6. The highest BCUT2D eigenvalue weighted by Crippen LogP contribution is 2.67. The van der Waals surface area contributed by atoms with Crippen LogP contribution in [-0.4, -0.2) is 34.1 Å². The molecule has 2 aromatic carbocycles. The Bertz CT molecular complexity index is 1590. The Balaban J connectivity index is 1.44. The molecular formula is C25H26N6O2S. The quantitative estimate of drug-likeness (QED) is 0.411. The van der Waals surface area contributed by atoms with Crippen molar-refractivity contribution in [2.45, 2.75) is 49.3 Å². The fraction of sp³-hybridized carbons (Fsp3) is 0.440. The summed E-state index contributed by atoms with van der Waals surface area (Å²) in [6.45, 7) is 0. The zero-order valence-corrected chi connectivity index (χ0v) is 19.4. The van der Waals surface area contributed by atoms with Gasteiger partial charge in [0.1, 0.15) is 0 Å². The van der Waals surface area contributed by atoms with Crippen molar-refractivity contribution in [2.24, 2.45) is 17.8 Å². The number of benzene rings is 2. The lowest BCUT2D eigenvalue weighted by molar-refractivity contribution is 0.238. The number of nitrogen functional groups attached to an aromatic ring is 1. The number of nitrogens with one attached hydrogen (secondary N) is 2. The molecule has 0 spiro atoms. The number of hydrogen-bond donors (Lipinski definition) is 3. The number of rotatable bonds is 3. The van der Waals surface area contributed by atoms with Gasteiger partial charge in [0.2, 0.25) is 10.0 Å². The Morgan fingerprint density at radius 3 is 2.62 bits per heavy atom. The second-order valence-corrected chi connectivity index (χ2v) is 12.8. The van der Waals surface area contributed by atoms with E-state index < -0.39 is 10.0 Å². The molecular weight excluding hydrogens is 448 g/mol. The van der Waals surface area contributed by atoms with Crippen LogP contribution in [0.25, 0.3) is 21.8 Å². The monoisotopic (exact) mass is 474 g/mol. The van der Waals surface area contributed by atoms with E-state index >= 15 is 0 Å². The molecule has 5 atom stereocenters. The molecule has 2 aromatic heterocycles. The molecule has 4 aliphatic rings. The zero-order chi connectivity index (χ0) is 22.8. The Kier molecular flexibility index (Phi) is 3.58. The summed E-state index contributed by atoms with van der Waals surface area (Å²) >= 11 is 0. The molecule has 0 amide bonds. The maximum Gasteiger partial charge on any atom is 0.238 e. The molecule has 2 bridgehead atoms. The van der Waals surface area contributed by atoms with E-state index in [9.17, 15) is 8.42 Å². The summed E-state index contributed by atoms with van der Waals surface area (Å²) in [7, 11) is -3.51. The van der Waals surface area contributed by atoms with Gasteiger partial charge in [-0.05, 0) is 91.2 Å². The summed E-state index contributed by atoms with van der Waals surface area (Å²) in [5.74, 6) is 2.14. The molecule has 174 valence electrons. The largest absolute Gasteiger partial charge is 0.382 e. The molecule has 8 rings (SSSR count). The van der Waals surface area contributed by atoms with Crippen LogP contribution in [0, 0.1) is 17.8 Å². The van der Waals surface area contributed by atoms with E-state index in [1.165, 1.54) is 24.8 Å². The molecule has 1 aliphatic heterocycles. The normalized spacial score (nSPS) is 30.2. The van der Waals surface area contributed by atoms with Crippen molar-refractivity contribution in [1.29, 1.82) is 0 Å². The molecule has 9 heteroatoms. The smallest absolute Gasteiger partial charge is 0.238 e. The van der Waals surface area contributed by atoms with Crippen LogP contribution in [0.3, 0.4) is 0 Å². The number of aromatic amines is 2. The summed E-state index contributed by atoms with van der Waals surface area (Å²) < 4.78 is 30.0. The van der Waals surface area contributed by atoms with E-state index in [1.54, 1.807) is 0 Å². The number of nitrogens with two attached hydrogens (primary N) is 1. The van der Waals surface area contributed by atoms with Gasteiger partial charge in [0.25, 0.3) is 0 Å². The maximum atomic E-state index is 14.1. The molecule has 0 radical (unpaired) electrons. The lowest BCUT2D eigenvalue weighted by Crippen LogP contribution is -2.47. The van der Waals surface area contributed by atoms with Crippen molar-refractivity contribution in [3.63, 3.8) is 0 Å². The van der Waals surface area contributed by atoms with E-state index in [2.05, 4.69) is 32.5 Å². The van der Waals surface area contributed by atoms with Gasteiger partial charge in [-0.3, -0.25) is 14.5 Å². The maximum absolute atomic E-state index is 14.1. The molecule has 3 heterocycles. The molecule has 8 nitrogen and oxygen atoms in total. The molecule has 4 aromatic rings. The third-order valence-corrected chi connectivity index (χ3v) is 11.3. The molecule has 0 saturated heterocycles. The van der Waals surface area contributed by atoms with Gasteiger partial charge in [-0.2, -0.15) is 10.2 Å². The van der Waals surface area contributed by atoms with E-state index in [0.29, 0.717) is 23.6 Å². The van der Waals surface area contributed by atoms with Gasteiger partial charge in [0.05, 0.1) is 34.2 Å². The molecule has 34 heavy (non-hydrogen) atoms. The number of aromatic nitrogens is 4. The van der Waals surface area contributed by atoms with Gasteiger partial charge in [-0.15, -0.1) is 0 Å². The van der Waals surface area contributed by atoms with E-state index in [0.717, 1.165) is 45.9 Å². The number of H-pyrrole nitrogens is 2. The van der Waals surface area contributed by atoms with Crippen molar-refractivity contribution in [2.75, 3.05) is 10.0 Å². The molecule has 3 aliphatic carbocycles. The van der Waals surface area contributed by atoms with Crippen LogP contribution in [0.1, 0.15) is 55.2 Å². The molecule has 3 saturated carbocycles. The molecule has 0 unspecified atom stereocenters. The summed E-state index contributed by atoms with van der Waals surface area (Å²) in [4.78, 5) is 0. The van der Waals surface area contributed by atoms with Gasteiger partial charge in [0, 0.05) is 10.8 Å². The van der Waals surface area contributed by atoms with Crippen LogP contribution >= 0.6 is 0 Å². The van der Waals surface area contributed by atoms with Crippen molar-refractivity contribution in [3.8, 4) is 0 Å². The van der Waals surface area contributed by atoms with Crippen LogP contribution in [0.15, 0.2) is 36.5 Å². The highest BCUT2D eigenvalue weighted by Gasteiger charge is 2.59. The van der Waals surface area contributed by atoms with Crippen LogP contribution < -0.4 is 10.0 Å². The predicted molar refractivity (Wildman–Crippen MR) is 131 cm³/mol. The van der Waals surface area contributed by atoms with E-state index in [1.807, 2.05) is 28.7 Å². The lowest BCUT2D eigenvalue weighted by Gasteiger charge is -2.49. The Morgan fingerprint density at radius 1 is 0.971 bits per heavy atom. The van der Waals surface area contributed by atoms with Crippen molar-refractivity contribution in [3.05, 3.63) is 47.7 Å². The van der Waals surface area contributed by atoms with E-state index in [-0.39, 0.29) is 17.2 Å². The van der Waals surface area contributed by atoms with E-state index in [4.69, 9.17) is 5.73 Å². The number of fused-ring (bicyclic) bond motifs is 10. The number of nitrogens with zero attached hydrogens (tertiary/aromatic N) is 3.